The number of carbonyl (C=O) groups excluding carboxylic acids is 1. The number of nitrogens with two attached hydrogens (primary N) is 1. The van der Waals surface area contributed by atoms with Crippen LogP contribution in [0.3, 0.4) is 0 Å². The van der Waals surface area contributed by atoms with Gasteiger partial charge in [-0.15, -0.1) is 0 Å². The first kappa shape index (κ1) is 7.36. The van der Waals surface area contributed by atoms with E-state index in [-0.39, 0.29) is 17.7 Å². The Kier molecular flexibility index (Phi) is 1.44. The number of hydrogen-bond donors (Lipinski definition) is 3. The average Bonchev–Trinajstić information content (AvgIpc) is 2.29. The molecule has 4 nitrogen and oxygen atoms in total. The molecule has 1 heterocycles. The summed E-state index contributed by atoms with van der Waals surface area (Å²) < 4.78 is 0. The highest BCUT2D eigenvalue weighted by molar-refractivity contribution is 5.84. The molecule has 1 aliphatic carbocycles. The van der Waals surface area contributed by atoms with E-state index in [0.717, 1.165) is 0 Å². The largest absolute Gasteiger partial charge is 0.402 e. The van der Waals surface area contributed by atoms with Gasteiger partial charge in [-0.2, -0.15) is 0 Å². The number of aliphatic hydroxyl groups excluding tert-OH is 1. The van der Waals surface area contributed by atoms with Crippen LogP contribution in [0, 0.1) is 11.8 Å². The van der Waals surface area contributed by atoms with E-state index < -0.39 is 6.23 Å². The lowest BCUT2D eigenvalue weighted by Crippen LogP contribution is -2.31. The number of nitrogens with one attached hydrogen (secondary N) is 1. The van der Waals surface area contributed by atoms with Crippen molar-refractivity contribution in [1.82, 2.24) is 5.32 Å². The fraction of sp³-hybridized carbons (Fsp3) is 0.375. The van der Waals surface area contributed by atoms with Gasteiger partial charge >= 0.3 is 0 Å². The van der Waals surface area contributed by atoms with E-state index in [1.807, 2.05) is 0 Å². The van der Waals surface area contributed by atoms with Gasteiger partial charge in [0.25, 0.3) is 0 Å². The molecule has 0 spiro atoms. The van der Waals surface area contributed by atoms with Gasteiger partial charge in [-0.1, -0.05) is 12.2 Å². The van der Waals surface area contributed by atoms with Gasteiger partial charge in [0, 0.05) is 5.70 Å². The molecular weight excluding hydrogens is 156 g/mol. The summed E-state index contributed by atoms with van der Waals surface area (Å²) in [7, 11) is 0. The first-order valence-electron chi connectivity index (χ1n) is 3.82. The number of aliphatic hydroxyl groups is 1. The van der Waals surface area contributed by atoms with Gasteiger partial charge in [-0.25, -0.2) is 0 Å². The normalized spacial score (nSPS) is 38.9. The molecule has 0 bridgehead atoms. The maximum Gasteiger partial charge on any atom is 0.229 e. The Morgan fingerprint density at radius 2 is 2.33 bits per heavy atom. The molecule has 4 heteroatoms. The molecular formula is C8H10N2O2. The summed E-state index contributed by atoms with van der Waals surface area (Å²) in [4.78, 5) is 11.2. The Labute approximate surface area is 69.7 Å². The number of allylic oxidation sites excluding steroid dienone is 2. The van der Waals surface area contributed by atoms with E-state index in [1.54, 1.807) is 18.2 Å². The maximum atomic E-state index is 11.2. The zero-order valence-corrected chi connectivity index (χ0v) is 6.40. The molecule has 64 valence electrons. The highest BCUT2D eigenvalue weighted by Gasteiger charge is 2.42. The van der Waals surface area contributed by atoms with Crippen molar-refractivity contribution in [2.24, 2.45) is 17.6 Å². The molecule has 1 fully saturated rings. The fourth-order valence-electron chi connectivity index (χ4n) is 1.69. The predicted molar refractivity (Wildman–Crippen MR) is 42.5 cm³/mol. The van der Waals surface area contributed by atoms with Crippen molar-refractivity contribution < 1.29 is 9.90 Å². The number of rotatable bonds is 0. The van der Waals surface area contributed by atoms with Crippen LogP contribution in [0.5, 0.6) is 0 Å². The third kappa shape index (κ3) is 0.848. The van der Waals surface area contributed by atoms with E-state index in [4.69, 9.17) is 5.73 Å². The molecule has 0 aromatic heterocycles. The van der Waals surface area contributed by atoms with Crippen LogP contribution < -0.4 is 11.1 Å². The minimum absolute atomic E-state index is 0.153. The summed E-state index contributed by atoms with van der Waals surface area (Å²) in [5.74, 6) is -0.715. The second-order valence-electron chi connectivity index (χ2n) is 3.06. The van der Waals surface area contributed by atoms with E-state index >= 15 is 0 Å². The zero-order valence-electron chi connectivity index (χ0n) is 6.40. The lowest BCUT2D eigenvalue weighted by molar-refractivity contribution is -0.122. The number of fused-ring (bicyclic) bond motifs is 1. The zero-order chi connectivity index (χ0) is 8.72. The van der Waals surface area contributed by atoms with Crippen LogP contribution in [0.25, 0.3) is 0 Å². The van der Waals surface area contributed by atoms with Crippen molar-refractivity contribution in [3.05, 3.63) is 23.9 Å². The van der Waals surface area contributed by atoms with Gasteiger partial charge in [0.1, 0.15) is 6.23 Å². The number of amides is 1. The van der Waals surface area contributed by atoms with Gasteiger partial charge in [0.2, 0.25) is 5.91 Å². The van der Waals surface area contributed by atoms with Crippen molar-refractivity contribution in [2.75, 3.05) is 0 Å². The van der Waals surface area contributed by atoms with Crippen molar-refractivity contribution in [1.29, 1.82) is 0 Å². The predicted octanol–water partition coefficient (Wildman–Crippen LogP) is -0.921. The SMILES string of the molecule is NC1=CC=CC2C(=O)NC(O)C12. The summed E-state index contributed by atoms with van der Waals surface area (Å²) in [5, 5.41) is 11.8. The summed E-state index contributed by atoms with van der Waals surface area (Å²) in [6.45, 7) is 0. The van der Waals surface area contributed by atoms with Crippen LogP contribution in [-0.2, 0) is 4.79 Å². The van der Waals surface area contributed by atoms with Crippen LogP contribution in [0.1, 0.15) is 0 Å². The monoisotopic (exact) mass is 166 g/mol. The fourth-order valence-corrected chi connectivity index (χ4v) is 1.69. The lowest BCUT2D eigenvalue weighted by Gasteiger charge is -2.19. The topological polar surface area (TPSA) is 75.4 Å². The van der Waals surface area contributed by atoms with Crippen molar-refractivity contribution in [3.8, 4) is 0 Å². The molecule has 3 unspecified atom stereocenters. The Morgan fingerprint density at radius 1 is 1.58 bits per heavy atom. The minimum atomic E-state index is -0.830. The molecule has 1 aliphatic heterocycles. The second-order valence-corrected chi connectivity index (χ2v) is 3.06. The molecule has 1 saturated heterocycles. The van der Waals surface area contributed by atoms with Gasteiger partial charge in [-0.3, -0.25) is 4.79 Å². The van der Waals surface area contributed by atoms with Crippen LogP contribution in [0.4, 0.5) is 0 Å². The van der Waals surface area contributed by atoms with Crippen LogP contribution in [0.2, 0.25) is 0 Å². The molecule has 0 aromatic carbocycles. The van der Waals surface area contributed by atoms with E-state index in [9.17, 15) is 9.90 Å². The Bertz CT molecular complexity index is 283. The quantitative estimate of drug-likeness (QED) is 0.435. The van der Waals surface area contributed by atoms with E-state index in [1.165, 1.54) is 0 Å². The standard InChI is InChI=1S/C8H10N2O2/c9-5-3-1-2-4-6(5)8(12)10-7(4)11/h1-4,6,8,12H,9H2,(H,10,11). The third-order valence-corrected chi connectivity index (χ3v) is 2.31. The van der Waals surface area contributed by atoms with Crippen LogP contribution in [0.15, 0.2) is 23.9 Å². The first-order valence-corrected chi connectivity index (χ1v) is 3.82. The molecule has 2 aliphatic rings. The smallest absolute Gasteiger partial charge is 0.229 e. The molecule has 4 N–H and O–H groups in total. The highest BCUT2D eigenvalue weighted by Crippen LogP contribution is 2.30. The van der Waals surface area contributed by atoms with E-state index in [0.29, 0.717) is 5.70 Å². The summed E-state index contributed by atoms with van der Waals surface area (Å²) in [5.41, 5.74) is 6.19. The van der Waals surface area contributed by atoms with Gasteiger partial charge in [0.05, 0.1) is 11.8 Å². The summed E-state index contributed by atoms with van der Waals surface area (Å²) >= 11 is 0. The lowest BCUT2D eigenvalue weighted by atomic mass is 9.88. The minimum Gasteiger partial charge on any atom is -0.402 e. The molecule has 0 aromatic rings. The van der Waals surface area contributed by atoms with Crippen LogP contribution in [-0.4, -0.2) is 17.2 Å². The molecule has 12 heavy (non-hydrogen) atoms. The molecule has 0 radical (unpaired) electrons. The van der Waals surface area contributed by atoms with Crippen molar-refractivity contribution in [3.63, 3.8) is 0 Å². The second kappa shape index (κ2) is 2.35. The molecule has 0 saturated carbocycles. The van der Waals surface area contributed by atoms with Crippen LogP contribution >= 0.6 is 0 Å². The first-order chi connectivity index (χ1) is 5.70. The van der Waals surface area contributed by atoms with Gasteiger partial charge in [-0.05, 0) is 6.08 Å². The Hall–Kier alpha value is -1.29. The summed E-state index contributed by atoms with van der Waals surface area (Å²) in [6.07, 6.45) is 4.38. The summed E-state index contributed by atoms with van der Waals surface area (Å²) in [6, 6.07) is 0. The maximum absolute atomic E-state index is 11.2. The Morgan fingerprint density at radius 3 is 3.00 bits per heavy atom. The molecule has 1 amide bonds. The molecule has 2 rings (SSSR count). The number of carbonyl (C=O) groups is 1. The van der Waals surface area contributed by atoms with E-state index in [2.05, 4.69) is 5.32 Å². The van der Waals surface area contributed by atoms with Gasteiger partial charge in [0.15, 0.2) is 0 Å². The highest BCUT2D eigenvalue weighted by atomic mass is 16.3. The van der Waals surface area contributed by atoms with Crippen molar-refractivity contribution >= 4 is 5.91 Å². The number of hydrogen-bond acceptors (Lipinski definition) is 3. The third-order valence-electron chi connectivity index (χ3n) is 2.31. The van der Waals surface area contributed by atoms with Gasteiger partial charge < -0.3 is 16.2 Å². The van der Waals surface area contributed by atoms with Crippen molar-refractivity contribution in [2.45, 2.75) is 6.23 Å². The molecule has 3 atom stereocenters. The Balaban J connectivity index is 2.35. The average molecular weight is 166 g/mol.